The van der Waals surface area contributed by atoms with Gasteiger partial charge in [0, 0.05) is 7.11 Å². The summed E-state index contributed by atoms with van der Waals surface area (Å²) in [4.78, 5) is 11.3. The van der Waals surface area contributed by atoms with Crippen LogP contribution >= 0.6 is 0 Å². The van der Waals surface area contributed by atoms with Crippen LogP contribution in [0, 0.1) is 17.8 Å². The van der Waals surface area contributed by atoms with Gasteiger partial charge in [-0.15, -0.1) is 5.92 Å². The van der Waals surface area contributed by atoms with Crippen LogP contribution in [0.25, 0.3) is 0 Å². The smallest absolute Gasteiger partial charge is 0.173 e. The van der Waals surface area contributed by atoms with Gasteiger partial charge in [-0.2, -0.15) is 0 Å². The quantitative estimate of drug-likeness (QED) is 0.596. The molecule has 0 aliphatic carbocycles. The highest BCUT2D eigenvalue weighted by Gasteiger charge is 2.19. The third kappa shape index (κ3) is 3.54. The van der Waals surface area contributed by atoms with E-state index in [0.29, 0.717) is 6.42 Å². The summed E-state index contributed by atoms with van der Waals surface area (Å²) in [7, 11) is 1.56. The highest BCUT2D eigenvalue weighted by molar-refractivity contribution is 5.85. The molecule has 0 rings (SSSR count). The summed E-state index contributed by atoms with van der Waals surface area (Å²) < 4.78 is 5.05. The standard InChI is InChI=1S/C10H16O2/c1-5-6-7-9(11)10(12-4)8(2)3/h8,10H,7H2,1-4H3. The van der Waals surface area contributed by atoms with E-state index in [1.54, 1.807) is 14.0 Å². The Labute approximate surface area is 74.3 Å². The Bertz CT molecular complexity index is 196. The summed E-state index contributed by atoms with van der Waals surface area (Å²) >= 11 is 0. The van der Waals surface area contributed by atoms with Crippen molar-refractivity contribution in [3.8, 4) is 11.8 Å². The Morgan fingerprint density at radius 1 is 1.50 bits per heavy atom. The molecule has 0 saturated carbocycles. The summed E-state index contributed by atoms with van der Waals surface area (Å²) in [6.45, 7) is 5.65. The maximum Gasteiger partial charge on any atom is 0.173 e. The lowest BCUT2D eigenvalue weighted by atomic mass is 10.0. The first-order valence-electron chi connectivity index (χ1n) is 4.08. The first kappa shape index (κ1) is 11.2. The first-order chi connectivity index (χ1) is 5.63. The van der Waals surface area contributed by atoms with Gasteiger partial charge in [-0.1, -0.05) is 19.8 Å². The molecule has 0 aliphatic heterocycles. The van der Waals surface area contributed by atoms with Crippen LogP contribution < -0.4 is 0 Å². The van der Waals surface area contributed by atoms with E-state index < -0.39 is 0 Å². The van der Waals surface area contributed by atoms with Gasteiger partial charge < -0.3 is 4.74 Å². The molecule has 0 radical (unpaired) electrons. The van der Waals surface area contributed by atoms with Crippen LogP contribution in [0.15, 0.2) is 0 Å². The van der Waals surface area contributed by atoms with Crippen LogP contribution in [0.5, 0.6) is 0 Å². The van der Waals surface area contributed by atoms with E-state index in [1.807, 2.05) is 13.8 Å². The van der Waals surface area contributed by atoms with Crippen molar-refractivity contribution in [2.45, 2.75) is 33.3 Å². The van der Waals surface area contributed by atoms with Crippen LogP contribution in [-0.4, -0.2) is 19.0 Å². The van der Waals surface area contributed by atoms with Crippen LogP contribution in [0.3, 0.4) is 0 Å². The molecular formula is C10H16O2. The third-order valence-corrected chi connectivity index (χ3v) is 1.62. The van der Waals surface area contributed by atoms with E-state index in [-0.39, 0.29) is 17.8 Å². The Hall–Kier alpha value is -0.810. The fourth-order valence-electron chi connectivity index (χ4n) is 1.05. The molecule has 0 aromatic rings. The van der Waals surface area contributed by atoms with Crippen molar-refractivity contribution >= 4 is 5.78 Å². The van der Waals surface area contributed by atoms with E-state index in [4.69, 9.17) is 4.74 Å². The summed E-state index contributed by atoms with van der Waals surface area (Å²) in [6.07, 6.45) is -0.00134. The van der Waals surface area contributed by atoms with Gasteiger partial charge in [0.05, 0.1) is 6.42 Å². The van der Waals surface area contributed by atoms with Crippen LogP contribution in [0.2, 0.25) is 0 Å². The minimum absolute atomic E-state index is 0.0712. The van der Waals surface area contributed by atoms with E-state index in [9.17, 15) is 4.79 Å². The number of ketones is 1. The first-order valence-corrected chi connectivity index (χ1v) is 4.08. The second-order valence-corrected chi connectivity index (χ2v) is 2.97. The zero-order chi connectivity index (χ0) is 9.56. The summed E-state index contributed by atoms with van der Waals surface area (Å²) in [5.74, 6) is 5.72. The molecule has 0 fully saturated rings. The second kappa shape index (κ2) is 5.79. The predicted octanol–water partition coefficient (Wildman–Crippen LogP) is 1.64. The molecule has 12 heavy (non-hydrogen) atoms. The largest absolute Gasteiger partial charge is 0.373 e. The average Bonchev–Trinajstić information content (AvgIpc) is 2.01. The zero-order valence-electron chi connectivity index (χ0n) is 8.18. The van der Waals surface area contributed by atoms with Gasteiger partial charge >= 0.3 is 0 Å². The number of hydrogen-bond donors (Lipinski definition) is 0. The molecule has 1 atom stereocenters. The molecule has 0 aliphatic rings. The summed E-state index contributed by atoms with van der Waals surface area (Å²) in [5, 5.41) is 0. The third-order valence-electron chi connectivity index (χ3n) is 1.62. The van der Waals surface area contributed by atoms with E-state index >= 15 is 0 Å². The monoisotopic (exact) mass is 168 g/mol. The van der Waals surface area contributed by atoms with Gasteiger partial charge in [0.1, 0.15) is 6.10 Å². The van der Waals surface area contributed by atoms with Crippen molar-refractivity contribution in [2.75, 3.05) is 7.11 Å². The molecule has 2 nitrogen and oxygen atoms in total. The normalized spacial score (nSPS) is 12.1. The van der Waals surface area contributed by atoms with Crippen molar-refractivity contribution < 1.29 is 9.53 Å². The Balaban J connectivity index is 4.09. The number of ether oxygens (including phenoxy) is 1. The number of methoxy groups -OCH3 is 1. The maximum atomic E-state index is 11.3. The molecule has 0 amide bonds. The number of carbonyl (C=O) groups excluding carboxylic acids is 1. The minimum atomic E-state index is -0.300. The van der Waals surface area contributed by atoms with Crippen molar-refractivity contribution in [2.24, 2.45) is 5.92 Å². The lowest BCUT2D eigenvalue weighted by Crippen LogP contribution is -2.27. The second-order valence-electron chi connectivity index (χ2n) is 2.97. The Morgan fingerprint density at radius 2 is 2.08 bits per heavy atom. The van der Waals surface area contributed by atoms with Gasteiger partial charge in [0.2, 0.25) is 0 Å². The van der Waals surface area contributed by atoms with Gasteiger partial charge in [-0.3, -0.25) is 4.79 Å². The number of rotatable bonds is 4. The number of carbonyl (C=O) groups is 1. The van der Waals surface area contributed by atoms with Gasteiger partial charge in [0.15, 0.2) is 5.78 Å². The summed E-state index contributed by atoms with van der Waals surface area (Å²) in [6, 6.07) is 0. The highest BCUT2D eigenvalue weighted by Crippen LogP contribution is 2.07. The minimum Gasteiger partial charge on any atom is -0.373 e. The van der Waals surface area contributed by atoms with Gasteiger partial charge in [-0.05, 0) is 12.8 Å². The molecule has 0 aromatic carbocycles. The predicted molar refractivity (Wildman–Crippen MR) is 48.7 cm³/mol. The lowest BCUT2D eigenvalue weighted by molar-refractivity contribution is -0.130. The fourth-order valence-corrected chi connectivity index (χ4v) is 1.05. The summed E-state index contributed by atoms with van der Waals surface area (Å²) in [5.41, 5.74) is 0. The molecule has 0 bridgehead atoms. The van der Waals surface area contributed by atoms with Crippen molar-refractivity contribution in [1.82, 2.24) is 0 Å². The van der Waals surface area contributed by atoms with Crippen molar-refractivity contribution in [1.29, 1.82) is 0 Å². The lowest BCUT2D eigenvalue weighted by Gasteiger charge is -2.16. The molecule has 0 saturated heterocycles. The van der Waals surface area contributed by atoms with E-state index in [0.717, 1.165) is 0 Å². The average molecular weight is 168 g/mol. The van der Waals surface area contributed by atoms with Crippen molar-refractivity contribution in [3.05, 3.63) is 0 Å². The van der Waals surface area contributed by atoms with Crippen molar-refractivity contribution in [3.63, 3.8) is 0 Å². The molecule has 2 heteroatoms. The molecule has 68 valence electrons. The Morgan fingerprint density at radius 3 is 2.42 bits per heavy atom. The van der Waals surface area contributed by atoms with Gasteiger partial charge in [-0.25, -0.2) is 0 Å². The van der Waals surface area contributed by atoms with Gasteiger partial charge in [0.25, 0.3) is 0 Å². The zero-order valence-corrected chi connectivity index (χ0v) is 8.18. The molecule has 1 unspecified atom stereocenters. The maximum absolute atomic E-state index is 11.3. The van der Waals surface area contributed by atoms with E-state index in [2.05, 4.69) is 11.8 Å². The highest BCUT2D eigenvalue weighted by atomic mass is 16.5. The van der Waals surface area contributed by atoms with E-state index in [1.165, 1.54) is 0 Å². The molecule has 0 spiro atoms. The molecule has 0 aromatic heterocycles. The van der Waals surface area contributed by atoms with Crippen LogP contribution in [0.1, 0.15) is 27.2 Å². The Kier molecular flexibility index (Phi) is 5.40. The number of hydrogen-bond acceptors (Lipinski definition) is 2. The molecule has 0 N–H and O–H groups in total. The SMILES string of the molecule is CC#CCC(=O)C(OC)C(C)C. The van der Waals surface area contributed by atoms with Crippen LogP contribution in [-0.2, 0) is 9.53 Å². The molecular weight excluding hydrogens is 152 g/mol. The number of Topliss-reactive ketones (excluding diaryl/α,β-unsaturated/α-hetero) is 1. The van der Waals surface area contributed by atoms with Crippen LogP contribution in [0.4, 0.5) is 0 Å². The molecule has 0 heterocycles. The fraction of sp³-hybridized carbons (Fsp3) is 0.700. The topological polar surface area (TPSA) is 26.3 Å².